The molecule has 5 nitrogen and oxygen atoms in total. The first-order valence-electron chi connectivity index (χ1n) is 7.42. The number of hydrogen-bond donors (Lipinski definition) is 1. The average molecular weight is 312 g/mol. The van der Waals surface area contributed by atoms with Gasteiger partial charge >= 0.3 is 0 Å². The summed E-state index contributed by atoms with van der Waals surface area (Å²) < 4.78 is 32.7. The average Bonchev–Trinajstić information content (AvgIpc) is 2.44. The van der Waals surface area contributed by atoms with Gasteiger partial charge in [0.05, 0.1) is 11.0 Å². The van der Waals surface area contributed by atoms with Crippen LogP contribution in [0, 0.1) is 6.92 Å². The van der Waals surface area contributed by atoms with E-state index in [-0.39, 0.29) is 11.0 Å². The molecule has 0 spiro atoms. The lowest BCUT2D eigenvalue weighted by Gasteiger charge is -2.32. The second-order valence-electron chi connectivity index (χ2n) is 5.58. The molecule has 0 amide bonds. The summed E-state index contributed by atoms with van der Waals surface area (Å²) in [5.41, 5.74) is 7.10. The van der Waals surface area contributed by atoms with Crippen LogP contribution in [-0.2, 0) is 14.8 Å². The van der Waals surface area contributed by atoms with Gasteiger partial charge in [-0.15, -0.1) is 0 Å². The van der Waals surface area contributed by atoms with E-state index in [4.69, 9.17) is 10.5 Å². The Morgan fingerprint density at radius 2 is 2.14 bits per heavy atom. The molecule has 1 atom stereocenters. The SMILES string of the molecule is CCCOC1CCCN(S(=O)(=O)c2cc(C)cc(N)c2)C1. The Balaban J connectivity index is 2.18. The topological polar surface area (TPSA) is 72.6 Å². The Morgan fingerprint density at radius 3 is 2.81 bits per heavy atom. The summed E-state index contributed by atoms with van der Waals surface area (Å²) in [6, 6.07) is 4.96. The van der Waals surface area contributed by atoms with Gasteiger partial charge in [-0.1, -0.05) is 6.92 Å². The minimum Gasteiger partial charge on any atom is -0.399 e. The maximum atomic E-state index is 12.7. The van der Waals surface area contributed by atoms with Gasteiger partial charge in [-0.3, -0.25) is 0 Å². The molecule has 6 heteroatoms. The Hall–Kier alpha value is -1.11. The van der Waals surface area contributed by atoms with E-state index in [0.29, 0.717) is 25.4 Å². The van der Waals surface area contributed by atoms with E-state index in [1.807, 2.05) is 13.8 Å². The smallest absolute Gasteiger partial charge is 0.243 e. The number of sulfonamides is 1. The number of anilines is 1. The van der Waals surface area contributed by atoms with Crippen LogP contribution in [0.25, 0.3) is 0 Å². The number of ether oxygens (including phenoxy) is 1. The first kappa shape index (κ1) is 16.3. The lowest BCUT2D eigenvalue weighted by molar-refractivity contribution is 0.0193. The second kappa shape index (κ2) is 6.77. The van der Waals surface area contributed by atoms with Gasteiger partial charge in [0.2, 0.25) is 10.0 Å². The zero-order chi connectivity index (χ0) is 15.5. The molecule has 1 aliphatic rings. The van der Waals surface area contributed by atoms with Crippen molar-refractivity contribution in [2.24, 2.45) is 0 Å². The van der Waals surface area contributed by atoms with Crippen molar-refractivity contribution in [2.75, 3.05) is 25.4 Å². The minimum atomic E-state index is -3.49. The molecule has 0 bridgehead atoms. The molecule has 0 aliphatic carbocycles. The summed E-state index contributed by atoms with van der Waals surface area (Å²) in [7, 11) is -3.49. The predicted molar refractivity (Wildman–Crippen MR) is 83.6 cm³/mol. The number of aryl methyl sites for hydroxylation is 1. The van der Waals surface area contributed by atoms with E-state index in [1.165, 1.54) is 10.4 Å². The van der Waals surface area contributed by atoms with Crippen molar-refractivity contribution < 1.29 is 13.2 Å². The zero-order valence-corrected chi connectivity index (χ0v) is 13.5. The van der Waals surface area contributed by atoms with E-state index in [1.54, 1.807) is 12.1 Å². The fourth-order valence-corrected chi connectivity index (χ4v) is 4.27. The number of nitrogens with zero attached hydrogens (tertiary/aromatic N) is 1. The van der Waals surface area contributed by atoms with Crippen LogP contribution in [0.5, 0.6) is 0 Å². The third-order valence-electron chi connectivity index (χ3n) is 3.61. The Kier molecular flexibility index (Phi) is 5.24. The largest absolute Gasteiger partial charge is 0.399 e. The van der Waals surface area contributed by atoms with Gasteiger partial charge in [0.1, 0.15) is 0 Å². The quantitative estimate of drug-likeness (QED) is 0.846. The van der Waals surface area contributed by atoms with Crippen molar-refractivity contribution in [2.45, 2.75) is 44.1 Å². The van der Waals surface area contributed by atoms with Crippen LogP contribution in [0.1, 0.15) is 31.7 Å². The molecule has 1 saturated heterocycles. The molecule has 0 radical (unpaired) electrons. The minimum absolute atomic E-state index is 0.00405. The van der Waals surface area contributed by atoms with Crippen molar-refractivity contribution in [3.8, 4) is 0 Å². The van der Waals surface area contributed by atoms with E-state index in [0.717, 1.165) is 24.8 Å². The first-order valence-corrected chi connectivity index (χ1v) is 8.86. The molecule has 1 aliphatic heterocycles. The molecular weight excluding hydrogens is 288 g/mol. The predicted octanol–water partition coefficient (Wildman–Crippen LogP) is 2.16. The molecule has 21 heavy (non-hydrogen) atoms. The van der Waals surface area contributed by atoms with Gasteiger partial charge in [0, 0.05) is 25.4 Å². The fourth-order valence-electron chi connectivity index (χ4n) is 2.62. The molecule has 2 N–H and O–H groups in total. The van der Waals surface area contributed by atoms with Crippen molar-refractivity contribution in [3.05, 3.63) is 23.8 Å². The molecule has 1 aromatic carbocycles. The third kappa shape index (κ3) is 3.96. The summed E-state index contributed by atoms with van der Waals surface area (Å²) in [6.07, 6.45) is 2.68. The number of nitrogen functional groups attached to an aromatic ring is 1. The Morgan fingerprint density at radius 1 is 1.38 bits per heavy atom. The normalized spacial score (nSPS) is 20.6. The van der Waals surface area contributed by atoms with Crippen molar-refractivity contribution in [3.63, 3.8) is 0 Å². The van der Waals surface area contributed by atoms with Crippen LogP contribution < -0.4 is 5.73 Å². The molecule has 1 aromatic rings. The fraction of sp³-hybridized carbons (Fsp3) is 0.600. The molecule has 1 unspecified atom stereocenters. The van der Waals surface area contributed by atoms with Gasteiger partial charge < -0.3 is 10.5 Å². The summed E-state index contributed by atoms with van der Waals surface area (Å²) in [6.45, 7) is 5.54. The molecule has 1 fully saturated rings. The van der Waals surface area contributed by atoms with Crippen LogP contribution in [0.15, 0.2) is 23.1 Å². The Bertz CT molecular complexity index is 566. The van der Waals surface area contributed by atoms with Crippen LogP contribution >= 0.6 is 0 Å². The van der Waals surface area contributed by atoms with E-state index in [2.05, 4.69) is 0 Å². The number of nitrogens with two attached hydrogens (primary N) is 1. The highest BCUT2D eigenvalue weighted by Crippen LogP contribution is 2.24. The molecule has 118 valence electrons. The number of benzene rings is 1. The van der Waals surface area contributed by atoms with Gasteiger partial charge in [-0.05, 0) is 49.9 Å². The van der Waals surface area contributed by atoms with Crippen molar-refractivity contribution in [1.82, 2.24) is 4.31 Å². The first-order chi connectivity index (χ1) is 9.93. The standard InChI is InChI=1S/C15H24N2O3S/c1-3-7-20-14-5-4-6-17(11-14)21(18,19)15-9-12(2)8-13(16)10-15/h8-10,14H,3-7,11,16H2,1-2H3. The second-order valence-corrected chi connectivity index (χ2v) is 7.52. The van der Waals surface area contributed by atoms with Crippen LogP contribution in [-0.4, -0.2) is 38.5 Å². The maximum Gasteiger partial charge on any atom is 0.243 e. The number of hydrogen-bond acceptors (Lipinski definition) is 4. The zero-order valence-electron chi connectivity index (χ0n) is 12.7. The summed E-state index contributed by atoms with van der Waals surface area (Å²) >= 11 is 0. The molecule has 0 saturated carbocycles. The van der Waals surface area contributed by atoms with Gasteiger partial charge in [-0.25, -0.2) is 8.42 Å². The molecule has 2 rings (SSSR count). The van der Waals surface area contributed by atoms with E-state index in [9.17, 15) is 8.42 Å². The van der Waals surface area contributed by atoms with Crippen molar-refractivity contribution >= 4 is 15.7 Å². The summed E-state index contributed by atoms with van der Waals surface area (Å²) in [5, 5.41) is 0. The highest BCUT2D eigenvalue weighted by atomic mass is 32.2. The molecule has 1 heterocycles. The highest BCUT2D eigenvalue weighted by molar-refractivity contribution is 7.89. The molecule has 0 aromatic heterocycles. The van der Waals surface area contributed by atoms with Gasteiger partial charge in [-0.2, -0.15) is 4.31 Å². The van der Waals surface area contributed by atoms with Gasteiger partial charge in [0.15, 0.2) is 0 Å². The van der Waals surface area contributed by atoms with E-state index >= 15 is 0 Å². The summed E-state index contributed by atoms with van der Waals surface area (Å²) in [5.74, 6) is 0. The maximum absolute atomic E-state index is 12.7. The third-order valence-corrected chi connectivity index (χ3v) is 5.45. The Labute approximate surface area is 127 Å². The summed E-state index contributed by atoms with van der Waals surface area (Å²) in [4.78, 5) is 0.274. The van der Waals surface area contributed by atoms with Crippen LogP contribution in [0.4, 0.5) is 5.69 Å². The lowest BCUT2D eigenvalue weighted by atomic mass is 10.1. The van der Waals surface area contributed by atoms with Crippen LogP contribution in [0.2, 0.25) is 0 Å². The molecular formula is C15H24N2O3S. The van der Waals surface area contributed by atoms with Gasteiger partial charge in [0.25, 0.3) is 0 Å². The van der Waals surface area contributed by atoms with Crippen LogP contribution in [0.3, 0.4) is 0 Å². The number of piperidine rings is 1. The van der Waals surface area contributed by atoms with Crippen molar-refractivity contribution in [1.29, 1.82) is 0 Å². The monoisotopic (exact) mass is 312 g/mol. The van der Waals surface area contributed by atoms with E-state index < -0.39 is 10.0 Å². The number of rotatable bonds is 5. The lowest BCUT2D eigenvalue weighted by Crippen LogP contribution is -2.43. The highest BCUT2D eigenvalue weighted by Gasteiger charge is 2.30.